The third kappa shape index (κ3) is 4.09. The molecule has 2 heterocycles. The van der Waals surface area contributed by atoms with Crippen molar-refractivity contribution in [1.29, 1.82) is 0 Å². The largest absolute Gasteiger partial charge is 0.484 e. The highest BCUT2D eigenvalue weighted by Crippen LogP contribution is 2.41. The maximum Gasteiger partial charge on any atom is 0.422 e. The Hall–Kier alpha value is -2.12. The number of nitrogens with zero attached hydrogens (tertiary/aromatic N) is 2. The number of ether oxygens (including phenoxy) is 1. The molecule has 2 atom stereocenters. The maximum atomic E-state index is 12.3. The van der Waals surface area contributed by atoms with Crippen molar-refractivity contribution in [3.05, 3.63) is 57.9 Å². The molecule has 3 rings (SSSR count). The van der Waals surface area contributed by atoms with Gasteiger partial charge in [0.1, 0.15) is 17.2 Å². The van der Waals surface area contributed by atoms with Crippen molar-refractivity contribution in [1.82, 2.24) is 9.88 Å². The van der Waals surface area contributed by atoms with Crippen molar-refractivity contribution in [3.63, 3.8) is 0 Å². The summed E-state index contributed by atoms with van der Waals surface area (Å²) in [5.41, 5.74) is 3.13. The molecular formula is C19H18ClF3N2O2. The third-order valence-electron chi connectivity index (χ3n) is 4.76. The number of alkyl halides is 3. The number of carbonyl (C=O) groups excluding carboxylic acids is 1. The molecule has 27 heavy (non-hydrogen) atoms. The Balaban J connectivity index is 1.82. The van der Waals surface area contributed by atoms with Gasteiger partial charge in [0.05, 0.1) is 6.04 Å². The summed E-state index contributed by atoms with van der Waals surface area (Å²) in [5, 5.41) is 0.376. The molecule has 1 aliphatic rings. The summed E-state index contributed by atoms with van der Waals surface area (Å²) in [6.45, 7) is 2.77. The van der Waals surface area contributed by atoms with Crippen LogP contribution < -0.4 is 4.74 Å². The highest BCUT2D eigenvalue weighted by molar-refractivity contribution is 6.30. The van der Waals surface area contributed by atoms with Crippen LogP contribution in [-0.4, -0.2) is 29.0 Å². The average Bonchev–Trinajstić information content (AvgIpc) is 2.99. The normalized spacial score (nSPS) is 18.2. The zero-order valence-corrected chi connectivity index (χ0v) is 15.5. The van der Waals surface area contributed by atoms with Crippen LogP contribution in [0.2, 0.25) is 5.15 Å². The van der Waals surface area contributed by atoms with Gasteiger partial charge in [0.2, 0.25) is 0 Å². The van der Waals surface area contributed by atoms with Crippen molar-refractivity contribution < 1.29 is 22.7 Å². The topological polar surface area (TPSA) is 42.4 Å². The molecule has 0 fully saturated rings. The van der Waals surface area contributed by atoms with E-state index in [1.54, 1.807) is 31.3 Å². The monoisotopic (exact) mass is 398 g/mol. The molecule has 2 aromatic rings. The van der Waals surface area contributed by atoms with Crippen LogP contribution in [0.4, 0.5) is 13.2 Å². The number of aromatic nitrogens is 1. The Kier molecular flexibility index (Phi) is 5.44. The van der Waals surface area contributed by atoms with Crippen molar-refractivity contribution >= 4 is 17.9 Å². The van der Waals surface area contributed by atoms with Gasteiger partial charge in [-0.2, -0.15) is 13.2 Å². The fourth-order valence-corrected chi connectivity index (χ4v) is 3.57. The quantitative estimate of drug-likeness (QED) is 0.536. The molecule has 0 radical (unpaired) electrons. The molecule has 0 spiro atoms. The number of pyridine rings is 1. The molecule has 1 aromatic heterocycles. The second-order valence-electron chi connectivity index (χ2n) is 6.53. The van der Waals surface area contributed by atoms with Crippen LogP contribution in [-0.2, 0) is 11.3 Å². The molecule has 0 aliphatic carbocycles. The predicted molar refractivity (Wildman–Crippen MR) is 94.7 cm³/mol. The van der Waals surface area contributed by atoms with Crippen molar-refractivity contribution in [3.8, 4) is 5.75 Å². The van der Waals surface area contributed by atoms with Crippen LogP contribution in [0.25, 0.3) is 0 Å². The lowest BCUT2D eigenvalue weighted by atomic mass is 10.0. The van der Waals surface area contributed by atoms with Crippen LogP contribution >= 0.6 is 11.6 Å². The minimum atomic E-state index is -4.38. The number of aryl methyl sites for hydroxylation is 1. The van der Waals surface area contributed by atoms with E-state index in [1.165, 1.54) is 6.07 Å². The summed E-state index contributed by atoms with van der Waals surface area (Å²) in [6.07, 6.45) is -1.95. The van der Waals surface area contributed by atoms with Crippen LogP contribution in [0.15, 0.2) is 30.5 Å². The Bertz CT molecular complexity index is 857. The van der Waals surface area contributed by atoms with E-state index >= 15 is 0 Å². The lowest BCUT2D eigenvalue weighted by Crippen LogP contribution is -2.26. The smallest absolute Gasteiger partial charge is 0.422 e. The molecule has 4 nitrogen and oxygen atoms in total. The van der Waals surface area contributed by atoms with E-state index in [0.29, 0.717) is 17.3 Å². The van der Waals surface area contributed by atoms with E-state index in [0.717, 1.165) is 23.0 Å². The van der Waals surface area contributed by atoms with Crippen molar-refractivity contribution in [2.75, 3.05) is 6.61 Å². The first-order chi connectivity index (χ1) is 12.7. The fraction of sp³-hybridized carbons (Fsp3) is 0.368. The number of fused-ring (bicyclic) bond motifs is 1. The number of hydrogen-bond donors (Lipinski definition) is 0. The van der Waals surface area contributed by atoms with Gasteiger partial charge in [-0.3, -0.25) is 4.90 Å². The summed E-state index contributed by atoms with van der Waals surface area (Å²) >= 11 is 6.16. The Morgan fingerprint density at radius 1 is 1.41 bits per heavy atom. The number of benzene rings is 1. The van der Waals surface area contributed by atoms with Gasteiger partial charge in [0.15, 0.2) is 6.61 Å². The van der Waals surface area contributed by atoms with Crippen LogP contribution in [0.5, 0.6) is 5.75 Å². The third-order valence-corrected chi connectivity index (χ3v) is 5.08. The van der Waals surface area contributed by atoms with Crippen LogP contribution in [0, 0.1) is 6.92 Å². The molecule has 0 bridgehead atoms. The molecule has 0 N–H and O–H groups in total. The standard InChI is InChI=1S/C19H18ClF3N2O2/c1-11-7-13(3-4-17(11)27-10-19(21,22)23)12(2)25-8-15-14(16(25)9-26)5-6-24-18(15)20/h3-7,9,12,16H,8,10H2,1-2H3. The SMILES string of the molecule is Cc1cc(C(C)N2Cc3c(ccnc3Cl)C2C=O)ccc1OCC(F)(F)F. The summed E-state index contributed by atoms with van der Waals surface area (Å²) < 4.78 is 41.9. The average molecular weight is 399 g/mol. The van der Waals surface area contributed by atoms with E-state index < -0.39 is 18.8 Å². The Morgan fingerprint density at radius 3 is 2.78 bits per heavy atom. The van der Waals surface area contributed by atoms with Gasteiger partial charge >= 0.3 is 6.18 Å². The second-order valence-corrected chi connectivity index (χ2v) is 6.89. The van der Waals surface area contributed by atoms with E-state index in [1.807, 2.05) is 11.8 Å². The summed E-state index contributed by atoms with van der Waals surface area (Å²) in [4.78, 5) is 17.7. The fourth-order valence-electron chi connectivity index (χ4n) is 3.35. The molecule has 8 heteroatoms. The van der Waals surface area contributed by atoms with E-state index in [-0.39, 0.29) is 11.8 Å². The molecule has 1 aromatic carbocycles. The lowest BCUT2D eigenvalue weighted by molar-refractivity contribution is -0.153. The minimum Gasteiger partial charge on any atom is -0.484 e. The first-order valence-electron chi connectivity index (χ1n) is 8.35. The summed E-state index contributed by atoms with van der Waals surface area (Å²) in [7, 11) is 0. The van der Waals surface area contributed by atoms with Gasteiger partial charge in [-0.1, -0.05) is 23.7 Å². The molecular weight excluding hydrogens is 381 g/mol. The van der Waals surface area contributed by atoms with Gasteiger partial charge in [0, 0.05) is 24.3 Å². The number of hydrogen-bond acceptors (Lipinski definition) is 4. The summed E-state index contributed by atoms with van der Waals surface area (Å²) in [5.74, 6) is 0.187. The highest BCUT2D eigenvalue weighted by Gasteiger charge is 2.35. The zero-order valence-electron chi connectivity index (χ0n) is 14.8. The zero-order chi connectivity index (χ0) is 19.8. The first-order valence-corrected chi connectivity index (χ1v) is 8.73. The number of halogens is 4. The predicted octanol–water partition coefficient (Wildman–Crippen LogP) is 4.80. The molecule has 0 saturated carbocycles. The number of aldehydes is 1. The van der Waals surface area contributed by atoms with Gasteiger partial charge in [0.25, 0.3) is 0 Å². The Morgan fingerprint density at radius 2 is 2.15 bits per heavy atom. The van der Waals surface area contributed by atoms with E-state index in [9.17, 15) is 18.0 Å². The van der Waals surface area contributed by atoms with Gasteiger partial charge in [-0.15, -0.1) is 0 Å². The molecule has 0 saturated heterocycles. The van der Waals surface area contributed by atoms with Crippen molar-refractivity contribution in [2.45, 2.75) is 38.7 Å². The van der Waals surface area contributed by atoms with Crippen molar-refractivity contribution in [2.24, 2.45) is 0 Å². The molecule has 144 valence electrons. The lowest BCUT2D eigenvalue weighted by Gasteiger charge is -2.28. The Labute approximate surface area is 159 Å². The van der Waals surface area contributed by atoms with Gasteiger partial charge in [-0.25, -0.2) is 4.98 Å². The van der Waals surface area contributed by atoms with Crippen LogP contribution in [0.1, 0.15) is 41.3 Å². The maximum absolute atomic E-state index is 12.3. The van der Waals surface area contributed by atoms with Gasteiger partial charge < -0.3 is 9.53 Å². The van der Waals surface area contributed by atoms with E-state index in [2.05, 4.69) is 4.98 Å². The van der Waals surface area contributed by atoms with E-state index in [4.69, 9.17) is 16.3 Å². The second kappa shape index (κ2) is 7.48. The summed E-state index contributed by atoms with van der Waals surface area (Å²) in [6, 6.07) is 6.21. The molecule has 1 aliphatic heterocycles. The van der Waals surface area contributed by atoms with Gasteiger partial charge in [-0.05, 0) is 42.7 Å². The first kappa shape index (κ1) is 19.6. The molecule has 0 amide bonds. The highest BCUT2D eigenvalue weighted by atomic mass is 35.5. The number of carbonyl (C=O) groups is 1. The minimum absolute atomic E-state index is 0.154. The number of rotatable bonds is 5. The molecule has 2 unspecified atom stereocenters. The van der Waals surface area contributed by atoms with Crippen LogP contribution in [0.3, 0.4) is 0 Å².